The smallest absolute Gasteiger partial charge is 0.301 e. The molecule has 0 amide bonds. The second kappa shape index (κ2) is 2.91. The van der Waals surface area contributed by atoms with E-state index in [1.807, 2.05) is 37.6 Å². The van der Waals surface area contributed by atoms with Crippen LogP contribution in [0.5, 0.6) is 0 Å². The molecule has 1 aliphatic carbocycles. The molecule has 0 spiro atoms. The van der Waals surface area contributed by atoms with E-state index in [0.717, 1.165) is 18.3 Å². The van der Waals surface area contributed by atoms with Crippen LogP contribution in [0, 0.1) is 0 Å². The Bertz CT molecular complexity index is 317. The summed E-state index contributed by atoms with van der Waals surface area (Å²) in [5, 5.41) is 8.38. The maximum atomic E-state index is 10.9. The summed E-state index contributed by atoms with van der Waals surface area (Å²) in [6, 6.07) is 9.64. The molecular formula is C10H10BO2. The fourth-order valence-corrected chi connectivity index (χ4v) is 1.42. The minimum Gasteiger partial charge on any atom is -0.481 e. The van der Waals surface area contributed by atoms with Crippen molar-refractivity contribution in [2.24, 2.45) is 0 Å². The van der Waals surface area contributed by atoms with Gasteiger partial charge in [-0.15, -0.1) is 0 Å². The maximum Gasteiger partial charge on any atom is 0.301 e. The Kier molecular flexibility index (Phi) is 1.87. The molecule has 0 aliphatic heterocycles. The summed E-state index contributed by atoms with van der Waals surface area (Å²) in [5.41, 5.74) is 1.00. The van der Waals surface area contributed by atoms with Gasteiger partial charge in [-0.3, -0.25) is 4.79 Å². The first-order valence-corrected chi connectivity index (χ1v) is 4.37. The highest BCUT2D eigenvalue weighted by molar-refractivity contribution is 6.62. The quantitative estimate of drug-likeness (QED) is 0.693. The molecule has 2 nitrogen and oxygen atoms in total. The number of carboxylic acid groups (broad SMARTS) is 1. The fraction of sp³-hybridized carbons (Fsp3) is 0.300. The maximum absolute atomic E-state index is 10.9. The molecule has 0 unspecified atom stereocenters. The number of benzene rings is 1. The predicted octanol–water partition coefficient (Wildman–Crippen LogP) is 1.05. The number of carboxylic acids is 1. The largest absolute Gasteiger partial charge is 0.481 e. The topological polar surface area (TPSA) is 37.3 Å². The van der Waals surface area contributed by atoms with Gasteiger partial charge in [0.1, 0.15) is 0 Å². The molecule has 0 atom stereocenters. The fourth-order valence-electron chi connectivity index (χ4n) is 1.42. The van der Waals surface area contributed by atoms with Crippen LogP contribution in [0.1, 0.15) is 12.8 Å². The zero-order valence-corrected chi connectivity index (χ0v) is 7.23. The Morgan fingerprint density at radius 3 is 2.38 bits per heavy atom. The number of aliphatic carboxylic acids is 1. The summed E-state index contributed by atoms with van der Waals surface area (Å²) in [4.78, 5) is 10.9. The Morgan fingerprint density at radius 2 is 1.92 bits per heavy atom. The summed E-state index contributed by atoms with van der Waals surface area (Å²) in [5.74, 6) is -0.698. The highest BCUT2D eigenvalue weighted by Gasteiger charge is 2.50. The van der Waals surface area contributed by atoms with Gasteiger partial charge >= 0.3 is 5.97 Å². The van der Waals surface area contributed by atoms with Gasteiger partial charge in [0.05, 0.1) is 0 Å². The van der Waals surface area contributed by atoms with Crippen molar-refractivity contribution in [2.45, 2.75) is 18.2 Å². The van der Waals surface area contributed by atoms with Crippen LogP contribution in [0.25, 0.3) is 0 Å². The van der Waals surface area contributed by atoms with E-state index in [4.69, 9.17) is 5.11 Å². The minimum absolute atomic E-state index is 0.554. The molecule has 1 aliphatic rings. The number of carbonyl (C=O) groups is 1. The molecule has 1 radical (unpaired) electrons. The lowest BCUT2D eigenvalue weighted by molar-refractivity contribution is -0.137. The Hall–Kier alpha value is -1.25. The molecule has 3 heteroatoms. The molecule has 0 aromatic heterocycles. The first-order chi connectivity index (χ1) is 6.23. The molecule has 0 bridgehead atoms. The van der Waals surface area contributed by atoms with E-state index < -0.39 is 11.3 Å². The van der Waals surface area contributed by atoms with Gasteiger partial charge in [-0.25, -0.2) is 0 Å². The zero-order valence-electron chi connectivity index (χ0n) is 7.23. The summed E-state index contributed by atoms with van der Waals surface area (Å²) in [6.07, 6.45) is 1.55. The van der Waals surface area contributed by atoms with Crippen molar-refractivity contribution in [1.29, 1.82) is 0 Å². The van der Waals surface area contributed by atoms with Crippen molar-refractivity contribution in [1.82, 2.24) is 0 Å². The third-order valence-electron chi connectivity index (χ3n) is 2.46. The van der Waals surface area contributed by atoms with Crippen LogP contribution < -0.4 is 5.46 Å². The predicted molar refractivity (Wildman–Crippen MR) is 51.4 cm³/mol. The number of hydrogen-bond acceptors (Lipinski definition) is 1. The molecule has 13 heavy (non-hydrogen) atoms. The lowest BCUT2D eigenvalue weighted by Gasteiger charge is -2.06. The lowest BCUT2D eigenvalue weighted by Crippen LogP contribution is -2.25. The third kappa shape index (κ3) is 1.59. The second-order valence-electron chi connectivity index (χ2n) is 3.52. The van der Waals surface area contributed by atoms with Crippen LogP contribution in [-0.2, 0) is 4.79 Å². The SMILES string of the molecule is O=C(O)C1([B]c2ccccc2)CC1. The molecule has 1 aromatic rings. The molecule has 2 rings (SSSR count). The Balaban J connectivity index is 2.11. The molecule has 1 fully saturated rings. The van der Waals surface area contributed by atoms with Crippen molar-refractivity contribution in [3.8, 4) is 0 Å². The molecule has 0 saturated heterocycles. The van der Waals surface area contributed by atoms with Gasteiger partial charge in [0.15, 0.2) is 7.28 Å². The van der Waals surface area contributed by atoms with Crippen molar-refractivity contribution < 1.29 is 9.90 Å². The second-order valence-corrected chi connectivity index (χ2v) is 3.52. The monoisotopic (exact) mass is 173 g/mol. The van der Waals surface area contributed by atoms with Crippen LogP contribution in [0.15, 0.2) is 30.3 Å². The van der Waals surface area contributed by atoms with Gasteiger partial charge in [0.2, 0.25) is 0 Å². The molecule has 1 aromatic carbocycles. The van der Waals surface area contributed by atoms with Gasteiger partial charge in [-0.05, 0) is 12.8 Å². The van der Waals surface area contributed by atoms with Gasteiger partial charge in [0, 0.05) is 5.31 Å². The van der Waals surface area contributed by atoms with Crippen LogP contribution in [0.4, 0.5) is 0 Å². The van der Waals surface area contributed by atoms with Crippen molar-refractivity contribution >= 4 is 18.7 Å². The summed E-state index contributed by atoms with van der Waals surface area (Å²) in [7, 11) is 1.86. The van der Waals surface area contributed by atoms with E-state index in [1.165, 1.54) is 0 Å². The van der Waals surface area contributed by atoms with Crippen LogP contribution in [0.2, 0.25) is 5.31 Å². The van der Waals surface area contributed by atoms with Gasteiger partial charge in [-0.2, -0.15) is 0 Å². The third-order valence-corrected chi connectivity index (χ3v) is 2.46. The van der Waals surface area contributed by atoms with E-state index in [0.29, 0.717) is 0 Å². The van der Waals surface area contributed by atoms with Crippen LogP contribution >= 0.6 is 0 Å². The Labute approximate surface area is 77.8 Å². The highest BCUT2D eigenvalue weighted by Crippen LogP contribution is 2.52. The van der Waals surface area contributed by atoms with Gasteiger partial charge < -0.3 is 5.11 Å². The molecule has 0 heterocycles. The van der Waals surface area contributed by atoms with Crippen molar-refractivity contribution in [2.75, 3.05) is 0 Å². The number of hydrogen-bond donors (Lipinski definition) is 1. The lowest BCUT2D eigenvalue weighted by atomic mass is 9.56. The molecule has 65 valence electrons. The minimum atomic E-state index is -0.698. The van der Waals surface area contributed by atoms with E-state index in [-0.39, 0.29) is 0 Å². The van der Waals surface area contributed by atoms with Crippen molar-refractivity contribution in [3.05, 3.63) is 30.3 Å². The first kappa shape index (κ1) is 8.36. The zero-order chi connectivity index (χ0) is 9.31. The molecule has 1 N–H and O–H groups in total. The molecular weight excluding hydrogens is 163 g/mol. The summed E-state index contributed by atoms with van der Waals surface area (Å²) in [6.45, 7) is 0. The highest BCUT2D eigenvalue weighted by atomic mass is 16.4. The standard InChI is InChI=1S/C10H10BO2/c12-9(13)10(6-7-10)11-8-4-2-1-3-5-8/h1-5H,6-7H2,(H,12,13). The molecule has 1 saturated carbocycles. The number of rotatable bonds is 3. The van der Waals surface area contributed by atoms with E-state index in [1.54, 1.807) is 0 Å². The average molecular weight is 173 g/mol. The summed E-state index contributed by atoms with van der Waals surface area (Å²) < 4.78 is 0. The van der Waals surface area contributed by atoms with E-state index in [9.17, 15) is 4.79 Å². The normalized spacial score (nSPS) is 17.8. The van der Waals surface area contributed by atoms with Gasteiger partial charge in [-0.1, -0.05) is 35.8 Å². The van der Waals surface area contributed by atoms with Crippen molar-refractivity contribution in [3.63, 3.8) is 0 Å². The van der Waals surface area contributed by atoms with E-state index >= 15 is 0 Å². The summed E-state index contributed by atoms with van der Waals surface area (Å²) >= 11 is 0. The van der Waals surface area contributed by atoms with Crippen LogP contribution in [0.3, 0.4) is 0 Å². The van der Waals surface area contributed by atoms with E-state index in [2.05, 4.69) is 0 Å². The van der Waals surface area contributed by atoms with Crippen LogP contribution in [-0.4, -0.2) is 18.4 Å². The average Bonchev–Trinajstić information content (AvgIpc) is 2.87. The first-order valence-electron chi connectivity index (χ1n) is 4.37. The Morgan fingerprint density at radius 1 is 1.31 bits per heavy atom. The van der Waals surface area contributed by atoms with Gasteiger partial charge in [0.25, 0.3) is 0 Å².